The summed E-state index contributed by atoms with van der Waals surface area (Å²) in [5.41, 5.74) is 3.04. The quantitative estimate of drug-likeness (QED) is 0.925. The number of fused-ring (bicyclic) bond motifs is 1. The Bertz CT molecular complexity index is 741. The van der Waals surface area contributed by atoms with E-state index < -0.39 is 5.60 Å². The molecular weight excluding hydrogens is 278 g/mol. The van der Waals surface area contributed by atoms with E-state index in [1.165, 1.54) is 12.0 Å². The second kappa shape index (κ2) is 5.09. The summed E-state index contributed by atoms with van der Waals surface area (Å²) in [4.78, 5) is 0. The van der Waals surface area contributed by atoms with Crippen LogP contribution in [0.5, 0.6) is 0 Å². The van der Waals surface area contributed by atoms with Gasteiger partial charge in [0, 0.05) is 12.0 Å². The number of aliphatic hydroxyl groups is 1. The van der Waals surface area contributed by atoms with E-state index >= 15 is 0 Å². The van der Waals surface area contributed by atoms with Gasteiger partial charge in [0.15, 0.2) is 0 Å². The number of benzene rings is 1. The Balaban J connectivity index is 1.92. The average molecular weight is 299 g/mol. The molecule has 2 aliphatic rings. The Morgan fingerprint density at radius 2 is 2.05 bits per heavy atom. The molecule has 1 N–H and O–H groups in total. The fourth-order valence-corrected chi connectivity index (χ4v) is 3.67. The van der Waals surface area contributed by atoms with Gasteiger partial charge in [-0.2, -0.15) is 4.68 Å². The summed E-state index contributed by atoms with van der Waals surface area (Å²) in [5, 5.41) is 19.7. The SMILES string of the molecule is CC1=C(n2nnc3cccc(C4(O)CCCCC4)c32)OCC1. The Labute approximate surface area is 129 Å². The van der Waals surface area contributed by atoms with Crippen LogP contribution in [-0.2, 0) is 10.3 Å². The van der Waals surface area contributed by atoms with E-state index in [0.29, 0.717) is 6.61 Å². The zero-order chi connectivity index (χ0) is 15.2. The highest BCUT2D eigenvalue weighted by molar-refractivity contribution is 5.82. The summed E-state index contributed by atoms with van der Waals surface area (Å²) in [5.74, 6) is 0.773. The van der Waals surface area contributed by atoms with Crippen molar-refractivity contribution in [3.8, 4) is 0 Å². The van der Waals surface area contributed by atoms with Crippen LogP contribution in [0.3, 0.4) is 0 Å². The summed E-state index contributed by atoms with van der Waals surface area (Å²) in [6.07, 6.45) is 5.85. The molecule has 0 radical (unpaired) electrons. The van der Waals surface area contributed by atoms with Gasteiger partial charge in [-0.1, -0.05) is 36.6 Å². The fraction of sp³-hybridized carbons (Fsp3) is 0.529. The molecule has 0 bridgehead atoms. The highest BCUT2D eigenvalue weighted by Gasteiger charge is 2.34. The maximum atomic E-state index is 11.2. The first kappa shape index (κ1) is 13.8. The van der Waals surface area contributed by atoms with Crippen molar-refractivity contribution >= 4 is 16.9 Å². The van der Waals surface area contributed by atoms with Gasteiger partial charge in [0.1, 0.15) is 11.0 Å². The maximum absolute atomic E-state index is 11.2. The minimum atomic E-state index is -0.774. The standard InChI is InChI=1S/C17H21N3O2/c1-12-8-11-22-16(12)20-15-13(6-5-7-14(15)18-19-20)17(21)9-3-2-4-10-17/h5-7,21H,2-4,8-11H2,1H3. The zero-order valence-corrected chi connectivity index (χ0v) is 12.9. The lowest BCUT2D eigenvalue weighted by Gasteiger charge is -2.33. The van der Waals surface area contributed by atoms with Crippen LogP contribution >= 0.6 is 0 Å². The summed E-state index contributed by atoms with van der Waals surface area (Å²) in [6.45, 7) is 2.75. The summed E-state index contributed by atoms with van der Waals surface area (Å²) >= 11 is 0. The lowest BCUT2D eigenvalue weighted by Crippen LogP contribution is -2.29. The lowest BCUT2D eigenvalue weighted by molar-refractivity contribution is 0.000482. The molecule has 116 valence electrons. The Hall–Kier alpha value is -1.88. The minimum absolute atomic E-state index is 0.689. The van der Waals surface area contributed by atoms with Crippen molar-refractivity contribution in [1.82, 2.24) is 15.0 Å². The van der Waals surface area contributed by atoms with Crippen LogP contribution in [0.2, 0.25) is 0 Å². The molecule has 2 heterocycles. The third kappa shape index (κ3) is 2.03. The molecule has 4 rings (SSSR count). The van der Waals surface area contributed by atoms with Gasteiger partial charge in [-0.05, 0) is 31.4 Å². The third-order valence-electron chi connectivity index (χ3n) is 4.92. The maximum Gasteiger partial charge on any atom is 0.215 e. The smallest absolute Gasteiger partial charge is 0.215 e. The van der Waals surface area contributed by atoms with Crippen molar-refractivity contribution < 1.29 is 9.84 Å². The molecule has 1 saturated carbocycles. The molecule has 0 unspecified atom stereocenters. The molecule has 1 aromatic heterocycles. The Morgan fingerprint density at radius 3 is 2.77 bits per heavy atom. The number of ether oxygens (including phenoxy) is 1. The molecule has 0 saturated heterocycles. The van der Waals surface area contributed by atoms with Crippen LogP contribution in [0.25, 0.3) is 16.9 Å². The number of hydrogen-bond donors (Lipinski definition) is 1. The molecule has 5 heteroatoms. The van der Waals surface area contributed by atoms with E-state index in [2.05, 4.69) is 17.2 Å². The summed E-state index contributed by atoms with van der Waals surface area (Å²) in [6, 6.07) is 5.91. The van der Waals surface area contributed by atoms with E-state index in [0.717, 1.165) is 54.6 Å². The molecule has 1 aromatic carbocycles. The first-order valence-electron chi connectivity index (χ1n) is 8.09. The Morgan fingerprint density at radius 1 is 1.23 bits per heavy atom. The van der Waals surface area contributed by atoms with E-state index in [9.17, 15) is 5.11 Å². The van der Waals surface area contributed by atoms with Gasteiger partial charge in [0.2, 0.25) is 5.88 Å². The monoisotopic (exact) mass is 299 g/mol. The van der Waals surface area contributed by atoms with Crippen LogP contribution in [0.1, 0.15) is 51.0 Å². The predicted molar refractivity (Wildman–Crippen MR) is 84.0 cm³/mol. The fourth-order valence-electron chi connectivity index (χ4n) is 3.67. The molecule has 1 aliphatic heterocycles. The number of para-hydroxylation sites is 1. The summed E-state index contributed by atoms with van der Waals surface area (Å²) < 4.78 is 7.53. The molecule has 0 atom stereocenters. The van der Waals surface area contributed by atoms with Crippen LogP contribution < -0.4 is 0 Å². The van der Waals surface area contributed by atoms with Crippen LogP contribution in [0, 0.1) is 0 Å². The molecule has 5 nitrogen and oxygen atoms in total. The van der Waals surface area contributed by atoms with Gasteiger partial charge in [-0.15, -0.1) is 5.10 Å². The van der Waals surface area contributed by atoms with Crippen molar-refractivity contribution in [3.05, 3.63) is 29.3 Å². The van der Waals surface area contributed by atoms with E-state index in [-0.39, 0.29) is 0 Å². The van der Waals surface area contributed by atoms with Gasteiger partial charge in [0.05, 0.1) is 12.2 Å². The number of rotatable bonds is 2. The van der Waals surface area contributed by atoms with Crippen LogP contribution in [0.15, 0.2) is 23.8 Å². The number of hydrogen-bond acceptors (Lipinski definition) is 4. The molecule has 22 heavy (non-hydrogen) atoms. The lowest BCUT2D eigenvalue weighted by atomic mass is 9.79. The third-order valence-corrected chi connectivity index (χ3v) is 4.92. The normalized spacial score (nSPS) is 21.4. The van der Waals surface area contributed by atoms with E-state index in [1.807, 2.05) is 18.2 Å². The first-order chi connectivity index (χ1) is 10.7. The number of aromatic nitrogens is 3. The van der Waals surface area contributed by atoms with E-state index in [1.54, 1.807) is 4.68 Å². The van der Waals surface area contributed by atoms with Gasteiger partial charge >= 0.3 is 0 Å². The van der Waals surface area contributed by atoms with Crippen molar-refractivity contribution in [1.29, 1.82) is 0 Å². The van der Waals surface area contributed by atoms with Gasteiger partial charge in [0.25, 0.3) is 0 Å². The highest BCUT2D eigenvalue weighted by atomic mass is 16.5. The molecule has 0 spiro atoms. The zero-order valence-electron chi connectivity index (χ0n) is 12.9. The topological polar surface area (TPSA) is 60.2 Å². The average Bonchev–Trinajstić information content (AvgIpc) is 3.13. The largest absolute Gasteiger partial charge is 0.477 e. The second-order valence-corrected chi connectivity index (χ2v) is 6.45. The molecule has 1 fully saturated rings. The van der Waals surface area contributed by atoms with Gasteiger partial charge in [-0.25, -0.2) is 0 Å². The highest BCUT2D eigenvalue weighted by Crippen LogP contribution is 2.40. The van der Waals surface area contributed by atoms with Crippen molar-refractivity contribution in [2.45, 2.75) is 51.0 Å². The molecular formula is C17H21N3O2. The minimum Gasteiger partial charge on any atom is -0.477 e. The second-order valence-electron chi connectivity index (χ2n) is 6.45. The van der Waals surface area contributed by atoms with Crippen molar-refractivity contribution in [2.75, 3.05) is 6.61 Å². The van der Waals surface area contributed by atoms with Crippen LogP contribution in [-0.4, -0.2) is 26.7 Å². The van der Waals surface area contributed by atoms with E-state index in [4.69, 9.17) is 4.74 Å². The predicted octanol–water partition coefficient (Wildman–Crippen LogP) is 3.19. The van der Waals surface area contributed by atoms with Crippen LogP contribution in [0.4, 0.5) is 0 Å². The first-order valence-corrected chi connectivity index (χ1v) is 8.09. The van der Waals surface area contributed by atoms with Gasteiger partial charge < -0.3 is 9.84 Å². The van der Waals surface area contributed by atoms with Crippen molar-refractivity contribution in [2.24, 2.45) is 0 Å². The van der Waals surface area contributed by atoms with Crippen molar-refractivity contribution in [3.63, 3.8) is 0 Å². The molecule has 1 aliphatic carbocycles. The van der Waals surface area contributed by atoms with Gasteiger partial charge in [-0.3, -0.25) is 0 Å². The Kier molecular flexibility index (Phi) is 3.18. The molecule has 2 aromatic rings. The summed E-state index contributed by atoms with van der Waals surface area (Å²) in [7, 11) is 0. The number of nitrogens with zero attached hydrogens (tertiary/aromatic N) is 3. The molecule has 0 amide bonds.